The topological polar surface area (TPSA) is 56.9 Å². The Bertz CT molecular complexity index is 310. The minimum Gasteiger partial charge on any atom is -0.387 e. The van der Waals surface area contributed by atoms with Crippen LogP contribution in [0.2, 0.25) is 0 Å². The summed E-state index contributed by atoms with van der Waals surface area (Å²) in [4.78, 5) is 3.86. The van der Waals surface area contributed by atoms with E-state index in [9.17, 15) is 5.11 Å². The van der Waals surface area contributed by atoms with Crippen LogP contribution in [0.15, 0.2) is 24.5 Å². The first-order chi connectivity index (χ1) is 6.79. The lowest BCUT2D eigenvalue weighted by Crippen LogP contribution is -2.13. The SMILES string of the molecule is CSCC(C#N)C(O)c1ccncc1. The van der Waals surface area contributed by atoms with E-state index in [1.807, 2.05) is 6.26 Å². The molecule has 0 aliphatic carbocycles. The third kappa shape index (κ3) is 2.72. The van der Waals surface area contributed by atoms with Crippen molar-refractivity contribution in [3.8, 4) is 6.07 Å². The maximum atomic E-state index is 9.85. The molecule has 0 saturated carbocycles. The van der Waals surface area contributed by atoms with Gasteiger partial charge in [-0.2, -0.15) is 17.0 Å². The van der Waals surface area contributed by atoms with E-state index >= 15 is 0 Å². The Balaban J connectivity index is 2.74. The smallest absolute Gasteiger partial charge is 0.0957 e. The number of nitriles is 1. The first-order valence-electron chi connectivity index (χ1n) is 4.26. The summed E-state index contributed by atoms with van der Waals surface area (Å²) in [7, 11) is 0. The van der Waals surface area contributed by atoms with Gasteiger partial charge >= 0.3 is 0 Å². The molecule has 0 bridgehead atoms. The summed E-state index contributed by atoms with van der Waals surface area (Å²) >= 11 is 1.56. The normalized spacial score (nSPS) is 14.4. The van der Waals surface area contributed by atoms with Crippen molar-refractivity contribution in [2.75, 3.05) is 12.0 Å². The number of rotatable bonds is 4. The highest BCUT2D eigenvalue weighted by molar-refractivity contribution is 7.98. The van der Waals surface area contributed by atoms with E-state index in [-0.39, 0.29) is 5.92 Å². The van der Waals surface area contributed by atoms with E-state index in [0.717, 1.165) is 5.56 Å². The Morgan fingerprint density at radius 2 is 2.21 bits per heavy atom. The summed E-state index contributed by atoms with van der Waals surface area (Å²) in [5.41, 5.74) is 0.751. The second-order valence-corrected chi connectivity index (χ2v) is 3.83. The zero-order chi connectivity index (χ0) is 10.4. The summed E-state index contributed by atoms with van der Waals surface area (Å²) in [6.07, 6.45) is 4.44. The molecule has 0 fully saturated rings. The highest BCUT2D eigenvalue weighted by Crippen LogP contribution is 2.23. The van der Waals surface area contributed by atoms with Crippen LogP contribution in [-0.2, 0) is 0 Å². The van der Waals surface area contributed by atoms with E-state index in [0.29, 0.717) is 5.75 Å². The van der Waals surface area contributed by atoms with Crippen LogP contribution in [0.1, 0.15) is 11.7 Å². The van der Waals surface area contributed by atoms with Crippen molar-refractivity contribution in [1.29, 1.82) is 5.26 Å². The molecule has 1 rings (SSSR count). The standard InChI is InChI=1S/C10H12N2OS/c1-14-7-9(6-11)10(13)8-2-4-12-5-3-8/h2-5,9-10,13H,7H2,1H3. The lowest BCUT2D eigenvalue weighted by atomic mass is 10.00. The highest BCUT2D eigenvalue weighted by Gasteiger charge is 2.19. The molecule has 1 aromatic rings. The van der Waals surface area contributed by atoms with Gasteiger partial charge in [0.2, 0.25) is 0 Å². The first kappa shape index (κ1) is 11.0. The van der Waals surface area contributed by atoms with Crippen molar-refractivity contribution < 1.29 is 5.11 Å². The molecule has 1 N–H and O–H groups in total. The van der Waals surface area contributed by atoms with Gasteiger partial charge in [0.05, 0.1) is 18.1 Å². The predicted molar refractivity (Wildman–Crippen MR) is 56.7 cm³/mol. The van der Waals surface area contributed by atoms with Crippen molar-refractivity contribution >= 4 is 11.8 Å². The zero-order valence-electron chi connectivity index (χ0n) is 7.92. The van der Waals surface area contributed by atoms with E-state index in [2.05, 4.69) is 11.1 Å². The van der Waals surface area contributed by atoms with Crippen molar-refractivity contribution in [2.45, 2.75) is 6.10 Å². The molecule has 3 nitrogen and oxygen atoms in total. The third-order valence-electron chi connectivity index (χ3n) is 1.94. The fourth-order valence-corrected chi connectivity index (χ4v) is 1.79. The van der Waals surface area contributed by atoms with E-state index in [4.69, 9.17) is 5.26 Å². The number of aliphatic hydroxyl groups is 1. The lowest BCUT2D eigenvalue weighted by molar-refractivity contribution is 0.144. The average molecular weight is 208 g/mol. The number of hydrogen-bond acceptors (Lipinski definition) is 4. The molecule has 0 radical (unpaired) electrons. The van der Waals surface area contributed by atoms with Crippen molar-refractivity contribution in [2.24, 2.45) is 5.92 Å². The van der Waals surface area contributed by atoms with Crippen LogP contribution >= 0.6 is 11.8 Å². The summed E-state index contributed by atoms with van der Waals surface area (Å²) in [5.74, 6) is 0.285. The molecule has 14 heavy (non-hydrogen) atoms. The molecular weight excluding hydrogens is 196 g/mol. The second kappa shape index (κ2) is 5.63. The molecule has 0 saturated heterocycles. The fraction of sp³-hybridized carbons (Fsp3) is 0.400. The van der Waals surface area contributed by atoms with Gasteiger partial charge in [-0.25, -0.2) is 0 Å². The Labute approximate surface area is 87.8 Å². The quantitative estimate of drug-likeness (QED) is 0.816. The number of hydrogen-bond donors (Lipinski definition) is 1. The summed E-state index contributed by atoms with van der Waals surface area (Å²) in [6.45, 7) is 0. The van der Waals surface area contributed by atoms with Crippen LogP contribution in [0.3, 0.4) is 0 Å². The van der Waals surface area contributed by atoms with Gasteiger partial charge in [-0.15, -0.1) is 0 Å². The summed E-state index contributed by atoms with van der Waals surface area (Å²) < 4.78 is 0. The number of thioether (sulfide) groups is 1. The molecule has 2 atom stereocenters. The monoisotopic (exact) mass is 208 g/mol. The molecule has 0 amide bonds. The van der Waals surface area contributed by atoms with E-state index in [1.54, 1.807) is 36.3 Å². The van der Waals surface area contributed by atoms with Crippen LogP contribution in [0.5, 0.6) is 0 Å². The van der Waals surface area contributed by atoms with E-state index in [1.165, 1.54) is 0 Å². The molecule has 2 unspecified atom stereocenters. The van der Waals surface area contributed by atoms with Gasteiger partial charge in [-0.1, -0.05) is 0 Å². The summed E-state index contributed by atoms with van der Waals surface area (Å²) in [6, 6.07) is 5.57. The first-order valence-corrected chi connectivity index (χ1v) is 5.65. The van der Waals surface area contributed by atoms with Crippen molar-refractivity contribution in [1.82, 2.24) is 4.98 Å². The third-order valence-corrected chi connectivity index (χ3v) is 2.63. The van der Waals surface area contributed by atoms with Crippen LogP contribution in [0.25, 0.3) is 0 Å². The van der Waals surface area contributed by atoms with Gasteiger partial charge in [0.1, 0.15) is 0 Å². The van der Waals surface area contributed by atoms with E-state index < -0.39 is 6.10 Å². The molecule has 1 heterocycles. The number of aromatic nitrogens is 1. The minimum absolute atomic E-state index is 0.354. The number of aliphatic hydroxyl groups excluding tert-OH is 1. The summed E-state index contributed by atoms with van der Waals surface area (Å²) in [5, 5.41) is 18.7. The van der Waals surface area contributed by atoms with Crippen molar-refractivity contribution in [3.05, 3.63) is 30.1 Å². The molecular formula is C10H12N2OS. The Morgan fingerprint density at radius 3 is 2.71 bits per heavy atom. The van der Waals surface area contributed by atoms with Crippen molar-refractivity contribution in [3.63, 3.8) is 0 Å². The van der Waals surface area contributed by atoms with Gasteiger partial charge in [-0.05, 0) is 24.0 Å². The fourth-order valence-electron chi connectivity index (χ4n) is 1.17. The largest absolute Gasteiger partial charge is 0.387 e. The molecule has 74 valence electrons. The van der Waals surface area contributed by atoms with Gasteiger partial charge in [0.15, 0.2) is 0 Å². The minimum atomic E-state index is -0.713. The predicted octanol–water partition coefficient (Wildman–Crippen LogP) is 1.62. The van der Waals surface area contributed by atoms with Crippen LogP contribution in [0, 0.1) is 17.2 Å². The molecule has 0 aliphatic rings. The number of pyridine rings is 1. The maximum absolute atomic E-state index is 9.85. The van der Waals surface area contributed by atoms with Gasteiger partial charge < -0.3 is 5.11 Å². The lowest BCUT2D eigenvalue weighted by Gasteiger charge is -2.15. The molecule has 0 aliphatic heterocycles. The highest BCUT2D eigenvalue weighted by atomic mass is 32.2. The molecule has 1 aromatic heterocycles. The van der Waals surface area contributed by atoms with Crippen LogP contribution in [-0.4, -0.2) is 22.1 Å². The molecule has 4 heteroatoms. The van der Waals surface area contributed by atoms with Gasteiger partial charge in [0.25, 0.3) is 0 Å². The van der Waals surface area contributed by atoms with Gasteiger partial charge in [0, 0.05) is 18.1 Å². The second-order valence-electron chi connectivity index (χ2n) is 2.92. The average Bonchev–Trinajstić information content (AvgIpc) is 2.26. The Hall–Kier alpha value is -1.05. The van der Waals surface area contributed by atoms with Gasteiger partial charge in [-0.3, -0.25) is 4.98 Å². The van der Waals surface area contributed by atoms with Crippen LogP contribution in [0.4, 0.5) is 0 Å². The molecule has 0 aromatic carbocycles. The Morgan fingerprint density at radius 1 is 1.57 bits per heavy atom. The zero-order valence-corrected chi connectivity index (χ0v) is 8.74. The number of nitrogens with zero attached hydrogens (tertiary/aromatic N) is 2. The molecule has 0 spiro atoms. The van der Waals surface area contributed by atoms with Crippen LogP contribution < -0.4 is 0 Å². The Kier molecular flexibility index (Phi) is 4.44. The maximum Gasteiger partial charge on any atom is 0.0957 e.